The lowest BCUT2D eigenvalue weighted by Gasteiger charge is -2.07. The Morgan fingerprint density at radius 1 is 1.10 bits per heavy atom. The summed E-state index contributed by atoms with van der Waals surface area (Å²) in [7, 11) is 0. The van der Waals surface area contributed by atoms with Gasteiger partial charge in [0.05, 0.1) is 18.4 Å². The van der Waals surface area contributed by atoms with Gasteiger partial charge in [-0.05, 0) is 47.7 Å². The smallest absolute Gasteiger partial charge is 0.103 e. The van der Waals surface area contributed by atoms with Crippen LogP contribution in [0.1, 0.15) is 22.6 Å². The van der Waals surface area contributed by atoms with Gasteiger partial charge >= 0.3 is 0 Å². The second-order valence-electron chi connectivity index (χ2n) is 5.55. The van der Waals surface area contributed by atoms with E-state index in [1.165, 1.54) is 22.3 Å². The van der Waals surface area contributed by atoms with Crippen LogP contribution in [-0.4, -0.2) is 9.97 Å². The van der Waals surface area contributed by atoms with Crippen LogP contribution in [0.2, 0.25) is 0 Å². The highest BCUT2D eigenvalue weighted by molar-refractivity contribution is 5.78. The van der Waals surface area contributed by atoms with Crippen molar-refractivity contribution >= 4 is 5.69 Å². The average molecular weight is 275 g/mol. The Hall–Kier alpha value is -2.55. The molecule has 2 aromatic carbocycles. The molecular weight excluding hydrogens is 258 g/mol. The highest BCUT2D eigenvalue weighted by Gasteiger charge is 2.17. The molecule has 1 aromatic heterocycles. The van der Waals surface area contributed by atoms with E-state index in [0.29, 0.717) is 0 Å². The van der Waals surface area contributed by atoms with Crippen molar-refractivity contribution in [2.45, 2.75) is 19.9 Å². The lowest BCUT2D eigenvalue weighted by atomic mass is 10.1. The predicted octanol–water partition coefficient (Wildman–Crippen LogP) is 3.90. The molecule has 21 heavy (non-hydrogen) atoms. The van der Waals surface area contributed by atoms with Crippen molar-refractivity contribution in [3.05, 3.63) is 71.3 Å². The van der Waals surface area contributed by atoms with E-state index in [-0.39, 0.29) is 0 Å². The minimum Gasteiger partial charge on any atom is -0.379 e. The minimum absolute atomic E-state index is 0.770. The normalized spacial score (nSPS) is 12.0. The molecule has 1 heterocycles. The lowest BCUT2D eigenvalue weighted by molar-refractivity contribution is 1.05. The van der Waals surface area contributed by atoms with Crippen molar-refractivity contribution in [1.82, 2.24) is 9.97 Å². The number of rotatable bonds is 3. The highest BCUT2D eigenvalue weighted by Crippen LogP contribution is 2.37. The maximum absolute atomic E-state index is 4.22. The first-order valence-electron chi connectivity index (χ1n) is 7.25. The summed E-state index contributed by atoms with van der Waals surface area (Å²) in [6.45, 7) is 2.74. The molecule has 104 valence electrons. The first-order valence-corrected chi connectivity index (χ1v) is 7.25. The largest absolute Gasteiger partial charge is 0.379 e. The van der Waals surface area contributed by atoms with Crippen LogP contribution in [0.25, 0.3) is 11.1 Å². The molecule has 0 fully saturated rings. The summed E-state index contributed by atoms with van der Waals surface area (Å²) in [5, 5.41) is 3.46. The number of H-pyrrole nitrogens is 1. The number of hydrogen-bond donors (Lipinski definition) is 2. The maximum Gasteiger partial charge on any atom is 0.103 e. The molecule has 1 aliphatic carbocycles. The van der Waals surface area contributed by atoms with E-state index >= 15 is 0 Å². The van der Waals surface area contributed by atoms with Crippen molar-refractivity contribution in [1.29, 1.82) is 0 Å². The van der Waals surface area contributed by atoms with E-state index in [1.807, 2.05) is 13.1 Å². The predicted molar refractivity (Wildman–Crippen MR) is 85.3 cm³/mol. The molecular formula is C18H17N3. The van der Waals surface area contributed by atoms with E-state index in [4.69, 9.17) is 0 Å². The Kier molecular flexibility index (Phi) is 2.78. The lowest BCUT2D eigenvalue weighted by Crippen LogP contribution is -2.00. The van der Waals surface area contributed by atoms with Crippen LogP contribution in [0.3, 0.4) is 0 Å². The molecule has 2 N–H and O–H groups in total. The van der Waals surface area contributed by atoms with Gasteiger partial charge in [0.25, 0.3) is 0 Å². The second-order valence-corrected chi connectivity index (χ2v) is 5.55. The van der Waals surface area contributed by atoms with Crippen LogP contribution >= 0.6 is 0 Å². The van der Waals surface area contributed by atoms with E-state index in [2.05, 4.69) is 57.7 Å². The Morgan fingerprint density at radius 2 is 1.95 bits per heavy atom. The topological polar surface area (TPSA) is 40.7 Å². The summed E-state index contributed by atoms with van der Waals surface area (Å²) in [5.74, 6) is 0.955. The number of aromatic nitrogens is 2. The fraction of sp³-hybridized carbons (Fsp3) is 0.167. The van der Waals surface area contributed by atoms with Gasteiger partial charge in [-0.2, -0.15) is 0 Å². The third-order valence-electron chi connectivity index (χ3n) is 4.03. The summed E-state index contributed by atoms with van der Waals surface area (Å²) >= 11 is 0. The highest BCUT2D eigenvalue weighted by atomic mass is 15.0. The molecule has 0 bridgehead atoms. The van der Waals surface area contributed by atoms with E-state index in [0.717, 1.165) is 30.2 Å². The fourth-order valence-electron chi connectivity index (χ4n) is 3.01. The summed E-state index contributed by atoms with van der Waals surface area (Å²) in [6.07, 6.45) is 2.91. The first-order chi connectivity index (χ1) is 10.3. The summed E-state index contributed by atoms with van der Waals surface area (Å²) < 4.78 is 0. The van der Waals surface area contributed by atoms with Crippen molar-refractivity contribution < 1.29 is 0 Å². The number of hydrogen-bond acceptors (Lipinski definition) is 2. The van der Waals surface area contributed by atoms with E-state index < -0.39 is 0 Å². The van der Waals surface area contributed by atoms with Crippen LogP contribution in [0, 0.1) is 6.92 Å². The molecule has 4 rings (SSSR count). The van der Waals surface area contributed by atoms with E-state index in [9.17, 15) is 0 Å². The Balaban J connectivity index is 1.56. The van der Waals surface area contributed by atoms with Crippen molar-refractivity contribution in [2.24, 2.45) is 0 Å². The Bertz CT molecular complexity index is 802. The zero-order valence-electron chi connectivity index (χ0n) is 12.0. The summed E-state index contributed by atoms with van der Waals surface area (Å²) in [4.78, 5) is 7.46. The van der Waals surface area contributed by atoms with Crippen molar-refractivity contribution in [3.8, 4) is 11.1 Å². The van der Waals surface area contributed by atoms with Crippen LogP contribution in [-0.2, 0) is 13.0 Å². The standard InChI is InChI=1S/C18H17N3/c1-12-19-10-16(21-12)11-20-15-6-7-18-14(9-15)8-13-4-2-3-5-17(13)18/h2-7,9-10,20H,8,11H2,1H3,(H,19,21). The first kappa shape index (κ1) is 12.2. The minimum atomic E-state index is 0.770. The number of aromatic amines is 1. The Morgan fingerprint density at radius 3 is 2.81 bits per heavy atom. The molecule has 0 spiro atoms. The van der Waals surface area contributed by atoms with Crippen LogP contribution < -0.4 is 5.32 Å². The molecule has 0 unspecified atom stereocenters. The molecule has 0 amide bonds. The second kappa shape index (κ2) is 4.77. The van der Waals surface area contributed by atoms with Gasteiger partial charge in [0.1, 0.15) is 5.82 Å². The number of nitrogens with zero attached hydrogens (tertiary/aromatic N) is 1. The average Bonchev–Trinajstić information content (AvgIpc) is 3.07. The zero-order valence-corrected chi connectivity index (χ0v) is 12.0. The number of imidazole rings is 1. The molecule has 1 aliphatic rings. The van der Waals surface area contributed by atoms with E-state index in [1.54, 1.807) is 0 Å². The monoisotopic (exact) mass is 275 g/mol. The molecule has 3 aromatic rings. The SMILES string of the molecule is Cc1ncc(CNc2ccc3c(c2)Cc2ccccc2-3)[nH]1. The Labute approximate surface area is 124 Å². The summed E-state index contributed by atoms with van der Waals surface area (Å²) in [6, 6.07) is 15.3. The van der Waals surface area contributed by atoms with Gasteiger partial charge in [-0.1, -0.05) is 30.3 Å². The van der Waals surface area contributed by atoms with Gasteiger partial charge in [0.15, 0.2) is 0 Å². The molecule has 3 nitrogen and oxygen atoms in total. The van der Waals surface area contributed by atoms with Crippen LogP contribution in [0.15, 0.2) is 48.7 Å². The summed E-state index contributed by atoms with van der Waals surface area (Å²) in [5.41, 5.74) is 7.85. The van der Waals surface area contributed by atoms with Gasteiger partial charge in [-0.15, -0.1) is 0 Å². The van der Waals surface area contributed by atoms with Crippen LogP contribution in [0.5, 0.6) is 0 Å². The number of fused-ring (bicyclic) bond motifs is 3. The van der Waals surface area contributed by atoms with Gasteiger partial charge < -0.3 is 10.3 Å². The third-order valence-corrected chi connectivity index (χ3v) is 4.03. The molecule has 0 radical (unpaired) electrons. The van der Waals surface area contributed by atoms with Crippen molar-refractivity contribution in [2.75, 3.05) is 5.32 Å². The molecule has 0 saturated carbocycles. The van der Waals surface area contributed by atoms with Crippen LogP contribution in [0.4, 0.5) is 5.69 Å². The number of aryl methyl sites for hydroxylation is 1. The molecule has 0 aliphatic heterocycles. The number of anilines is 1. The zero-order chi connectivity index (χ0) is 14.2. The quantitative estimate of drug-likeness (QED) is 0.595. The molecule has 0 saturated heterocycles. The van der Waals surface area contributed by atoms with Gasteiger partial charge in [0.2, 0.25) is 0 Å². The maximum atomic E-state index is 4.22. The third kappa shape index (κ3) is 2.21. The van der Waals surface area contributed by atoms with Crippen molar-refractivity contribution in [3.63, 3.8) is 0 Å². The fourth-order valence-corrected chi connectivity index (χ4v) is 3.01. The molecule has 0 atom stereocenters. The number of nitrogens with one attached hydrogen (secondary N) is 2. The van der Waals surface area contributed by atoms with Gasteiger partial charge in [0, 0.05) is 5.69 Å². The molecule has 3 heteroatoms. The number of benzene rings is 2. The van der Waals surface area contributed by atoms with Gasteiger partial charge in [-0.3, -0.25) is 0 Å². The van der Waals surface area contributed by atoms with Gasteiger partial charge in [-0.25, -0.2) is 4.98 Å².